The van der Waals surface area contributed by atoms with Crippen LogP contribution in [-0.2, 0) is 4.74 Å². The standard InChI is InChI=1S/C13H19ClN2O2/c1-10(2)9-16(7-8-18-3)13(17)11-5-4-6-15-12(11)14/h4-6,10H,7-9H2,1-3H3. The largest absolute Gasteiger partial charge is 0.383 e. The summed E-state index contributed by atoms with van der Waals surface area (Å²) in [7, 11) is 1.62. The monoisotopic (exact) mass is 270 g/mol. The van der Waals surface area contributed by atoms with Crippen molar-refractivity contribution in [1.82, 2.24) is 9.88 Å². The number of hydrogen-bond donors (Lipinski definition) is 0. The quantitative estimate of drug-likeness (QED) is 0.746. The topological polar surface area (TPSA) is 42.4 Å². The van der Waals surface area contributed by atoms with E-state index >= 15 is 0 Å². The Hall–Kier alpha value is -1.13. The molecule has 1 amide bonds. The Balaban J connectivity index is 2.84. The van der Waals surface area contributed by atoms with Crippen LogP contribution in [0.4, 0.5) is 0 Å². The molecule has 4 nitrogen and oxygen atoms in total. The number of carbonyl (C=O) groups is 1. The van der Waals surface area contributed by atoms with Crippen LogP contribution in [0.15, 0.2) is 18.3 Å². The highest BCUT2D eigenvalue weighted by molar-refractivity contribution is 6.32. The van der Waals surface area contributed by atoms with Crippen molar-refractivity contribution in [3.05, 3.63) is 29.0 Å². The number of ether oxygens (including phenoxy) is 1. The second-order valence-corrected chi connectivity index (χ2v) is 4.84. The summed E-state index contributed by atoms with van der Waals surface area (Å²) in [5.41, 5.74) is 0.441. The average molecular weight is 271 g/mol. The van der Waals surface area contributed by atoms with Gasteiger partial charge in [0.15, 0.2) is 0 Å². The third-order valence-electron chi connectivity index (χ3n) is 2.43. The van der Waals surface area contributed by atoms with Crippen molar-refractivity contribution in [1.29, 1.82) is 0 Å². The van der Waals surface area contributed by atoms with Gasteiger partial charge in [0.05, 0.1) is 12.2 Å². The maximum atomic E-state index is 12.4. The van der Waals surface area contributed by atoms with Crippen LogP contribution < -0.4 is 0 Å². The highest BCUT2D eigenvalue weighted by Crippen LogP contribution is 2.15. The average Bonchev–Trinajstić information content (AvgIpc) is 2.34. The van der Waals surface area contributed by atoms with Gasteiger partial charge in [-0.3, -0.25) is 4.79 Å². The third kappa shape index (κ3) is 4.27. The molecule has 1 aromatic heterocycles. The summed E-state index contributed by atoms with van der Waals surface area (Å²) in [6.07, 6.45) is 1.57. The number of pyridine rings is 1. The van der Waals surface area contributed by atoms with Gasteiger partial charge < -0.3 is 9.64 Å². The number of aromatic nitrogens is 1. The highest BCUT2D eigenvalue weighted by Gasteiger charge is 2.19. The van der Waals surface area contributed by atoms with Crippen molar-refractivity contribution < 1.29 is 9.53 Å². The van der Waals surface area contributed by atoms with Gasteiger partial charge in [-0.05, 0) is 18.1 Å². The van der Waals surface area contributed by atoms with Gasteiger partial charge in [-0.1, -0.05) is 25.4 Å². The molecule has 18 heavy (non-hydrogen) atoms. The Morgan fingerprint density at radius 3 is 2.83 bits per heavy atom. The van der Waals surface area contributed by atoms with Gasteiger partial charge in [0, 0.05) is 26.4 Å². The fraction of sp³-hybridized carbons (Fsp3) is 0.538. The van der Waals surface area contributed by atoms with Crippen molar-refractivity contribution in [2.45, 2.75) is 13.8 Å². The van der Waals surface area contributed by atoms with Crippen molar-refractivity contribution >= 4 is 17.5 Å². The normalized spacial score (nSPS) is 10.7. The molecule has 0 unspecified atom stereocenters. The Bertz CT molecular complexity index is 396. The minimum atomic E-state index is -0.0983. The molecule has 0 radical (unpaired) electrons. The summed E-state index contributed by atoms with van der Waals surface area (Å²) < 4.78 is 5.03. The number of rotatable bonds is 6. The number of amides is 1. The minimum Gasteiger partial charge on any atom is -0.383 e. The van der Waals surface area contributed by atoms with E-state index in [9.17, 15) is 4.79 Å². The van der Waals surface area contributed by atoms with Gasteiger partial charge in [0.25, 0.3) is 5.91 Å². The lowest BCUT2D eigenvalue weighted by molar-refractivity contribution is 0.0672. The maximum Gasteiger partial charge on any atom is 0.257 e. The lowest BCUT2D eigenvalue weighted by atomic mass is 10.2. The van der Waals surface area contributed by atoms with Gasteiger partial charge in [-0.15, -0.1) is 0 Å². The molecule has 1 aromatic rings. The number of halogens is 1. The summed E-state index contributed by atoms with van der Waals surface area (Å²) in [4.78, 5) is 18.0. The van der Waals surface area contributed by atoms with Gasteiger partial charge in [0.2, 0.25) is 0 Å². The predicted octanol–water partition coefficient (Wildman–Crippen LogP) is 2.48. The molecule has 1 heterocycles. The maximum absolute atomic E-state index is 12.4. The second-order valence-electron chi connectivity index (χ2n) is 4.48. The first-order valence-corrected chi connectivity index (χ1v) is 6.32. The second kappa shape index (κ2) is 7.34. The molecule has 0 aromatic carbocycles. The van der Waals surface area contributed by atoms with Crippen molar-refractivity contribution in [3.63, 3.8) is 0 Å². The van der Waals surface area contributed by atoms with E-state index in [1.54, 1.807) is 30.3 Å². The molecule has 0 fully saturated rings. The van der Waals surface area contributed by atoms with Crippen LogP contribution in [0.5, 0.6) is 0 Å². The smallest absolute Gasteiger partial charge is 0.257 e. The van der Waals surface area contributed by atoms with E-state index in [4.69, 9.17) is 16.3 Å². The van der Waals surface area contributed by atoms with Crippen LogP contribution in [-0.4, -0.2) is 42.6 Å². The van der Waals surface area contributed by atoms with Crippen molar-refractivity contribution in [2.75, 3.05) is 26.8 Å². The first-order valence-electron chi connectivity index (χ1n) is 5.95. The third-order valence-corrected chi connectivity index (χ3v) is 2.73. The molecule has 0 aliphatic carbocycles. The van der Waals surface area contributed by atoms with E-state index in [-0.39, 0.29) is 11.1 Å². The number of hydrogen-bond acceptors (Lipinski definition) is 3. The zero-order valence-corrected chi connectivity index (χ0v) is 11.8. The molecule has 0 spiro atoms. The minimum absolute atomic E-state index is 0.0983. The fourth-order valence-electron chi connectivity index (χ4n) is 1.63. The predicted molar refractivity (Wildman–Crippen MR) is 71.9 cm³/mol. The first-order chi connectivity index (χ1) is 8.56. The fourth-order valence-corrected chi connectivity index (χ4v) is 1.83. The molecule has 0 N–H and O–H groups in total. The van der Waals surface area contributed by atoms with Crippen LogP contribution in [0.3, 0.4) is 0 Å². The molecule has 0 aliphatic heterocycles. The molecular weight excluding hydrogens is 252 g/mol. The summed E-state index contributed by atoms with van der Waals surface area (Å²) >= 11 is 5.94. The van der Waals surface area contributed by atoms with Gasteiger partial charge in [-0.2, -0.15) is 0 Å². The molecule has 1 rings (SSSR count). The number of nitrogens with zero attached hydrogens (tertiary/aromatic N) is 2. The van der Waals surface area contributed by atoms with Crippen LogP contribution in [0.25, 0.3) is 0 Å². The van der Waals surface area contributed by atoms with Crippen molar-refractivity contribution in [2.24, 2.45) is 5.92 Å². The molecule has 5 heteroatoms. The van der Waals surface area contributed by atoms with Crippen LogP contribution in [0.1, 0.15) is 24.2 Å². The molecule has 100 valence electrons. The van der Waals surface area contributed by atoms with Gasteiger partial charge in [0.1, 0.15) is 5.15 Å². The molecule has 0 saturated heterocycles. The van der Waals surface area contributed by atoms with E-state index in [1.165, 1.54) is 0 Å². The summed E-state index contributed by atoms with van der Waals surface area (Å²) in [5, 5.41) is 0.244. The number of methoxy groups -OCH3 is 1. The molecular formula is C13H19ClN2O2. The van der Waals surface area contributed by atoms with E-state index in [2.05, 4.69) is 18.8 Å². The first kappa shape index (κ1) is 14.9. The summed E-state index contributed by atoms with van der Waals surface area (Å²) in [6.45, 7) is 5.87. The Labute approximate surface area is 113 Å². The van der Waals surface area contributed by atoms with E-state index in [1.807, 2.05) is 0 Å². The Morgan fingerprint density at radius 2 is 2.28 bits per heavy atom. The zero-order chi connectivity index (χ0) is 13.5. The summed E-state index contributed by atoms with van der Waals surface area (Å²) in [5.74, 6) is 0.292. The van der Waals surface area contributed by atoms with Crippen LogP contribution in [0.2, 0.25) is 5.15 Å². The molecule has 0 saturated carbocycles. The molecule has 0 bridgehead atoms. The zero-order valence-electron chi connectivity index (χ0n) is 11.0. The lowest BCUT2D eigenvalue weighted by Gasteiger charge is -2.24. The van der Waals surface area contributed by atoms with Gasteiger partial charge in [-0.25, -0.2) is 4.98 Å². The summed E-state index contributed by atoms with van der Waals surface area (Å²) in [6, 6.07) is 3.40. The van der Waals surface area contributed by atoms with E-state index < -0.39 is 0 Å². The van der Waals surface area contributed by atoms with Crippen LogP contribution in [0, 0.1) is 5.92 Å². The van der Waals surface area contributed by atoms with E-state index in [0.29, 0.717) is 31.2 Å². The van der Waals surface area contributed by atoms with Crippen molar-refractivity contribution in [3.8, 4) is 0 Å². The molecule has 0 aliphatic rings. The Kier molecular flexibility index (Phi) is 6.09. The van der Waals surface area contributed by atoms with Crippen LogP contribution >= 0.6 is 11.6 Å². The van der Waals surface area contributed by atoms with Gasteiger partial charge >= 0.3 is 0 Å². The number of carbonyl (C=O) groups excluding carboxylic acids is 1. The highest BCUT2D eigenvalue weighted by atomic mass is 35.5. The molecule has 0 atom stereocenters. The Morgan fingerprint density at radius 1 is 1.56 bits per heavy atom. The SMILES string of the molecule is COCCN(CC(C)C)C(=O)c1cccnc1Cl. The van der Waals surface area contributed by atoms with E-state index in [0.717, 1.165) is 0 Å². The lowest BCUT2D eigenvalue weighted by Crippen LogP contribution is -2.37.